The first kappa shape index (κ1) is 25.8. The minimum absolute atomic E-state index is 0.0135. The summed E-state index contributed by atoms with van der Waals surface area (Å²) >= 11 is 0. The molecule has 0 aliphatic carbocycles. The summed E-state index contributed by atoms with van der Waals surface area (Å²) < 4.78 is 12.9. The second-order valence-electron chi connectivity index (χ2n) is 10.8. The molecule has 3 aromatic carbocycles. The quantitative estimate of drug-likeness (QED) is 0.419. The molecule has 3 heterocycles. The van der Waals surface area contributed by atoms with Gasteiger partial charge in [-0.25, -0.2) is 0 Å². The molecule has 0 bridgehead atoms. The van der Waals surface area contributed by atoms with Gasteiger partial charge in [-0.2, -0.15) is 0 Å². The van der Waals surface area contributed by atoms with Gasteiger partial charge >= 0.3 is 0 Å². The molecule has 4 N–H and O–H groups in total. The molecule has 3 fully saturated rings. The summed E-state index contributed by atoms with van der Waals surface area (Å²) in [6, 6.07) is 25.8. The van der Waals surface area contributed by atoms with Gasteiger partial charge in [0.2, 0.25) is 5.91 Å². The molecule has 6 rings (SSSR count). The van der Waals surface area contributed by atoms with E-state index in [1.54, 1.807) is 0 Å². The van der Waals surface area contributed by atoms with Crippen LogP contribution in [0.1, 0.15) is 48.3 Å². The Morgan fingerprint density at radius 2 is 1.72 bits per heavy atom. The number of ether oxygens (including phenoxy) is 2. The van der Waals surface area contributed by atoms with Crippen molar-refractivity contribution >= 4 is 17.3 Å². The monoisotopic (exact) mass is 528 g/mol. The van der Waals surface area contributed by atoms with Crippen molar-refractivity contribution in [2.75, 3.05) is 36.9 Å². The van der Waals surface area contributed by atoms with E-state index < -0.39 is 11.8 Å². The average Bonchev–Trinajstić information content (AvgIpc) is 3.29. The van der Waals surface area contributed by atoms with Crippen molar-refractivity contribution in [1.29, 1.82) is 0 Å². The van der Waals surface area contributed by atoms with Crippen molar-refractivity contribution in [2.24, 2.45) is 0 Å². The van der Waals surface area contributed by atoms with Crippen LogP contribution in [0.3, 0.4) is 0 Å². The number of para-hydroxylation sites is 1. The van der Waals surface area contributed by atoms with Gasteiger partial charge in [0.15, 0.2) is 6.29 Å². The first-order chi connectivity index (χ1) is 19.0. The highest BCUT2D eigenvalue weighted by molar-refractivity contribution is 5.93. The number of hydrogen-bond donors (Lipinski definition) is 3. The first-order valence-corrected chi connectivity index (χ1v) is 13.7. The van der Waals surface area contributed by atoms with E-state index in [9.17, 15) is 9.90 Å². The van der Waals surface area contributed by atoms with Gasteiger partial charge < -0.3 is 35.4 Å². The predicted octanol–water partition coefficient (Wildman–Crippen LogP) is 3.74. The van der Waals surface area contributed by atoms with Crippen LogP contribution < -0.4 is 16.0 Å². The van der Waals surface area contributed by atoms with E-state index in [-0.39, 0.29) is 24.7 Å². The van der Waals surface area contributed by atoms with Gasteiger partial charge in [0.25, 0.3) is 0 Å². The predicted molar refractivity (Wildman–Crippen MR) is 150 cm³/mol. The fraction of sp³-hybridized carbons (Fsp3) is 0.387. The molecule has 3 aromatic rings. The Bertz CT molecular complexity index is 1280. The number of piperidine rings is 1. The fourth-order valence-corrected chi connectivity index (χ4v) is 6.16. The maximum absolute atomic E-state index is 13.1. The second-order valence-corrected chi connectivity index (χ2v) is 10.8. The molecule has 0 saturated carbocycles. The summed E-state index contributed by atoms with van der Waals surface area (Å²) in [5.74, 6) is 0.126. The molecular formula is C31H36N4O4. The number of nitrogen functional groups attached to an aromatic ring is 1. The summed E-state index contributed by atoms with van der Waals surface area (Å²) in [6.07, 6.45) is 1.52. The number of aliphatic hydroxyl groups is 1. The van der Waals surface area contributed by atoms with Crippen LogP contribution >= 0.6 is 0 Å². The number of benzene rings is 3. The first-order valence-electron chi connectivity index (χ1n) is 13.7. The Labute approximate surface area is 229 Å². The van der Waals surface area contributed by atoms with Crippen LogP contribution in [0.15, 0.2) is 78.9 Å². The highest BCUT2D eigenvalue weighted by Gasteiger charge is 2.50. The lowest BCUT2D eigenvalue weighted by molar-refractivity contribution is -0.253. The maximum atomic E-state index is 13.1. The number of carbonyl (C=O) groups is 1. The zero-order valence-electron chi connectivity index (χ0n) is 22.0. The number of carbonyl (C=O) groups excluding carboxylic acids is 1. The van der Waals surface area contributed by atoms with E-state index in [4.69, 9.17) is 15.2 Å². The highest BCUT2D eigenvalue weighted by Crippen LogP contribution is 2.40. The van der Waals surface area contributed by atoms with Crippen LogP contribution in [0.5, 0.6) is 0 Å². The number of rotatable bonds is 6. The van der Waals surface area contributed by atoms with Crippen molar-refractivity contribution < 1.29 is 19.4 Å². The van der Waals surface area contributed by atoms with Crippen LogP contribution in [-0.2, 0) is 20.9 Å². The molecule has 1 spiro atoms. The third-order valence-corrected chi connectivity index (χ3v) is 8.35. The van der Waals surface area contributed by atoms with Crippen molar-refractivity contribution in [3.63, 3.8) is 0 Å². The fourth-order valence-electron chi connectivity index (χ4n) is 6.16. The third kappa shape index (κ3) is 5.25. The number of nitrogens with zero attached hydrogens (tertiary/aromatic N) is 2. The van der Waals surface area contributed by atoms with Crippen LogP contribution in [0, 0.1) is 0 Å². The largest absolute Gasteiger partial charge is 0.399 e. The Kier molecular flexibility index (Phi) is 7.27. The van der Waals surface area contributed by atoms with Gasteiger partial charge in [-0.05, 0) is 48.2 Å². The molecule has 0 aromatic heterocycles. The Hall–Kier alpha value is -3.43. The Morgan fingerprint density at radius 1 is 0.949 bits per heavy atom. The summed E-state index contributed by atoms with van der Waals surface area (Å²) in [6.45, 7) is 2.95. The molecule has 1 amide bonds. The molecule has 3 atom stereocenters. The molecule has 3 aliphatic heterocycles. The number of amides is 1. The molecule has 39 heavy (non-hydrogen) atoms. The Balaban J connectivity index is 1.17. The Morgan fingerprint density at radius 3 is 2.44 bits per heavy atom. The maximum Gasteiger partial charge on any atom is 0.247 e. The lowest BCUT2D eigenvalue weighted by Gasteiger charge is -2.45. The van der Waals surface area contributed by atoms with Gasteiger partial charge in [0.05, 0.1) is 25.5 Å². The van der Waals surface area contributed by atoms with E-state index >= 15 is 0 Å². The van der Waals surface area contributed by atoms with Gasteiger partial charge in [-0.15, -0.1) is 0 Å². The van der Waals surface area contributed by atoms with E-state index in [1.807, 2.05) is 66.7 Å². The summed E-state index contributed by atoms with van der Waals surface area (Å²) in [4.78, 5) is 17.7. The van der Waals surface area contributed by atoms with Gasteiger partial charge in [0, 0.05) is 43.0 Å². The number of hydrogen-bond acceptors (Lipinski definition) is 7. The molecule has 3 saturated heterocycles. The minimum Gasteiger partial charge on any atom is -0.399 e. The van der Waals surface area contributed by atoms with E-state index in [1.165, 1.54) is 0 Å². The van der Waals surface area contributed by atoms with Gasteiger partial charge in [0.1, 0.15) is 5.54 Å². The van der Waals surface area contributed by atoms with Crippen LogP contribution in [0.2, 0.25) is 0 Å². The van der Waals surface area contributed by atoms with Crippen LogP contribution in [0.25, 0.3) is 0 Å². The van der Waals surface area contributed by atoms with Crippen molar-refractivity contribution in [2.45, 2.75) is 49.9 Å². The third-order valence-electron chi connectivity index (χ3n) is 8.35. The van der Waals surface area contributed by atoms with Crippen molar-refractivity contribution in [1.82, 2.24) is 10.2 Å². The molecule has 204 valence electrons. The van der Waals surface area contributed by atoms with E-state index in [0.29, 0.717) is 12.4 Å². The lowest BCUT2D eigenvalue weighted by atomic mass is 9.85. The number of nitrogens with one attached hydrogen (secondary N) is 1. The molecule has 0 radical (unpaired) electrons. The van der Waals surface area contributed by atoms with E-state index in [2.05, 4.69) is 27.2 Å². The SMILES string of the molecule is Nc1cccc([C@@H]2O[C@H](CN3CCC4(CC3)C(=O)NCN4c3ccccc3)C[C@H](c3ccc(CO)cc3)O2)c1. The van der Waals surface area contributed by atoms with Crippen molar-refractivity contribution in [3.05, 3.63) is 95.6 Å². The summed E-state index contributed by atoms with van der Waals surface area (Å²) in [7, 11) is 0. The molecule has 0 unspecified atom stereocenters. The average molecular weight is 529 g/mol. The number of nitrogens with two attached hydrogens (primary N) is 1. The zero-order valence-corrected chi connectivity index (χ0v) is 22.0. The van der Waals surface area contributed by atoms with Crippen LogP contribution in [-0.4, -0.2) is 53.9 Å². The number of anilines is 2. The molecule has 8 nitrogen and oxygen atoms in total. The minimum atomic E-state index is -0.528. The normalized spacial score (nSPS) is 25.1. The molecular weight excluding hydrogens is 492 g/mol. The summed E-state index contributed by atoms with van der Waals surface area (Å²) in [5.41, 5.74) is 10.2. The van der Waals surface area contributed by atoms with Gasteiger partial charge in [-0.1, -0.05) is 54.6 Å². The lowest BCUT2D eigenvalue weighted by Crippen LogP contribution is -2.57. The highest BCUT2D eigenvalue weighted by atomic mass is 16.7. The second kappa shape index (κ2) is 11.0. The molecule has 3 aliphatic rings. The van der Waals surface area contributed by atoms with Crippen LogP contribution in [0.4, 0.5) is 11.4 Å². The number of likely N-dealkylation sites (tertiary alicyclic amines) is 1. The van der Waals surface area contributed by atoms with Gasteiger partial charge in [-0.3, -0.25) is 4.79 Å². The topological polar surface area (TPSA) is 100 Å². The standard InChI is InChI=1S/C31H36N4O4/c32-25-6-4-5-24(17-25)29-38-27(18-28(39-29)23-11-9-22(20-36)10-12-23)19-34-15-13-31(14-16-34)30(37)33-21-35(31)26-7-2-1-3-8-26/h1-12,17,27-29,36H,13-16,18-21,32H2,(H,33,37)/t27-,28+,29+/m0/s1. The zero-order chi connectivity index (χ0) is 26.8. The number of aliphatic hydroxyl groups excluding tert-OH is 1. The smallest absolute Gasteiger partial charge is 0.247 e. The summed E-state index contributed by atoms with van der Waals surface area (Å²) in [5, 5.41) is 12.5. The molecule has 8 heteroatoms. The van der Waals surface area contributed by atoms with Crippen molar-refractivity contribution in [3.8, 4) is 0 Å². The van der Waals surface area contributed by atoms with E-state index in [0.717, 1.165) is 61.3 Å².